The van der Waals surface area contributed by atoms with Crippen molar-refractivity contribution in [2.75, 3.05) is 10.1 Å². The Balaban J connectivity index is 2.10. The lowest BCUT2D eigenvalue weighted by Crippen LogP contribution is -2.36. The molecule has 0 aliphatic rings. The van der Waals surface area contributed by atoms with E-state index >= 15 is 0 Å². The average Bonchev–Trinajstić information content (AvgIpc) is 2.95. The molecule has 232 valence electrons. The summed E-state index contributed by atoms with van der Waals surface area (Å²) < 4.78 is 42.1. The van der Waals surface area contributed by atoms with Gasteiger partial charge in [0.25, 0.3) is 15.7 Å². The van der Waals surface area contributed by atoms with Crippen molar-refractivity contribution in [3.8, 4) is 0 Å². The molecule has 4 rings (SSSR count). The average molecular weight is 639 g/mol. The minimum Gasteiger partial charge on any atom is -0.456 e. The molecule has 0 bridgehead atoms. The molecule has 10 nitrogen and oxygen atoms in total. The van der Waals surface area contributed by atoms with E-state index in [1.807, 2.05) is 6.92 Å². The Morgan fingerprint density at radius 2 is 1.73 bits per heavy atom. The molecule has 0 N–H and O–H groups in total. The topological polar surface area (TPSA) is 137 Å². The molecule has 0 aliphatic carbocycles. The van der Waals surface area contributed by atoms with E-state index in [2.05, 4.69) is 0 Å². The fourth-order valence-electron chi connectivity index (χ4n) is 4.90. The molecule has 0 saturated heterocycles. The molecule has 1 aromatic heterocycles. The zero-order valence-electron chi connectivity index (χ0n) is 25.5. The van der Waals surface area contributed by atoms with Crippen molar-refractivity contribution in [1.29, 1.82) is 0 Å². The number of para-hydroxylation sites is 2. The number of ether oxygens (including phenoxy) is 1. The third-order valence-corrected chi connectivity index (χ3v) is 9.66. The van der Waals surface area contributed by atoms with Gasteiger partial charge in [0.2, 0.25) is 0 Å². The molecule has 0 radical (unpaired) electrons. The van der Waals surface area contributed by atoms with Crippen molar-refractivity contribution < 1.29 is 27.3 Å². The van der Waals surface area contributed by atoms with Crippen molar-refractivity contribution in [2.24, 2.45) is 0 Å². The smallest absolute Gasteiger partial charge is 0.340 e. The van der Waals surface area contributed by atoms with E-state index in [1.165, 1.54) is 36.0 Å². The molecule has 12 heteroatoms. The number of esters is 1. The molecular formula is C32H34N2O8S2. The number of nitro groups is 1. The first-order chi connectivity index (χ1) is 20.6. The molecule has 0 unspecified atom stereocenters. The lowest BCUT2D eigenvalue weighted by atomic mass is 10.00. The van der Waals surface area contributed by atoms with Crippen LogP contribution < -0.4 is 9.73 Å². The second kappa shape index (κ2) is 12.4. The maximum absolute atomic E-state index is 14.6. The third kappa shape index (κ3) is 6.36. The van der Waals surface area contributed by atoms with Crippen molar-refractivity contribution >= 4 is 50.1 Å². The second-order valence-electron chi connectivity index (χ2n) is 11.2. The largest absolute Gasteiger partial charge is 0.456 e. The summed E-state index contributed by atoms with van der Waals surface area (Å²) >= 11 is 1.34. The Bertz CT molecular complexity index is 1930. The predicted molar refractivity (Wildman–Crippen MR) is 171 cm³/mol. The van der Waals surface area contributed by atoms with Gasteiger partial charge in [0.15, 0.2) is 15.4 Å². The number of rotatable bonds is 9. The van der Waals surface area contributed by atoms with Crippen LogP contribution in [0.25, 0.3) is 11.0 Å². The van der Waals surface area contributed by atoms with Gasteiger partial charge in [-0.1, -0.05) is 49.0 Å². The fraction of sp³-hybridized carbons (Fsp3) is 0.312. The number of hydrogen-bond acceptors (Lipinski definition) is 9. The van der Waals surface area contributed by atoms with Crippen LogP contribution in [0, 0.1) is 24.0 Å². The van der Waals surface area contributed by atoms with E-state index in [1.54, 1.807) is 65.8 Å². The second-order valence-corrected chi connectivity index (χ2v) is 14.2. The van der Waals surface area contributed by atoms with Crippen LogP contribution in [-0.2, 0) is 14.8 Å². The highest BCUT2D eigenvalue weighted by molar-refractivity contribution is 7.99. The highest BCUT2D eigenvalue weighted by Gasteiger charge is 2.38. The molecule has 1 atom stereocenters. The van der Waals surface area contributed by atoms with Crippen LogP contribution in [0.15, 0.2) is 79.9 Å². The zero-order chi connectivity index (χ0) is 32.6. The first kappa shape index (κ1) is 32.7. The molecular weight excluding hydrogens is 604 g/mol. The lowest BCUT2D eigenvalue weighted by Gasteiger charge is -2.32. The van der Waals surface area contributed by atoms with Crippen LogP contribution in [0.2, 0.25) is 0 Å². The number of hydrogen-bond donors (Lipinski definition) is 0. The third-order valence-electron chi connectivity index (χ3n) is 6.78. The van der Waals surface area contributed by atoms with E-state index in [0.29, 0.717) is 27.5 Å². The van der Waals surface area contributed by atoms with Gasteiger partial charge in [-0.15, -0.1) is 0 Å². The number of thioether (sulfide) groups is 1. The van der Waals surface area contributed by atoms with Crippen molar-refractivity contribution in [2.45, 2.75) is 70.1 Å². The highest BCUT2D eigenvalue weighted by atomic mass is 32.2. The number of nitrogens with zero attached hydrogens (tertiary/aromatic N) is 2. The van der Waals surface area contributed by atoms with E-state index < -0.39 is 43.1 Å². The molecule has 4 aromatic rings. The van der Waals surface area contributed by atoms with Crippen LogP contribution >= 0.6 is 11.8 Å². The SMILES string of the molecule is CCSc1oc2c([C@@H](C)N(c3ccccc3C(=O)OC(C)(C)C)S(=O)(=O)c3ccccc3[N+](=O)[O-])cc(C)cc2c(=O)c1C. The van der Waals surface area contributed by atoms with Crippen LogP contribution in [0.4, 0.5) is 11.4 Å². The van der Waals surface area contributed by atoms with Gasteiger partial charge in [0, 0.05) is 17.2 Å². The zero-order valence-corrected chi connectivity index (χ0v) is 27.2. The number of aryl methyl sites for hydroxylation is 1. The number of carbonyl (C=O) groups excluding carboxylic acids is 1. The lowest BCUT2D eigenvalue weighted by molar-refractivity contribution is -0.387. The van der Waals surface area contributed by atoms with Crippen molar-refractivity contribution in [1.82, 2.24) is 0 Å². The predicted octanol–water partition coefficient (Wildman–Crippen LogP) is 7.34. The van der Waals surface area contributed by atoms with Crippen molar-refractivity contribution in [3.63, 3.8) is 0 Å². The molecule has 3 aromatic carbocycles. The van der Waals surface area contributed by atoms with Gasteiger partial charge in [-0.2, -0.15) is 0 Å². The van der Waals surface area contributed by atoms with E-state index in [9.17, 15) is 28.1 Å². The van der Waals surface area contributed by atoms with Crippen LogP contribution in [0.1, 0.15) is 67.7 Å². The molecule has 1 heterocycles. The Kier molecular flexibility index (Phi) is 9.26. The minimum absolute atomic E-state index is 0.0559. The van der Waals surface area contributed by atoms with E-state index in [0.717, 1.165) is 16.4 Å². The fourth-order valence-corrected chi connectivity index (χ4v) is 7.43. The molecule has 0 fully saturated rings. The number of carbonyl (C=O) groups is 1. The van der Waals surface area contributed by atoms with Crippen molar-refractivity contribution in [3.05, 3.63) is 103 Å². The highest BCUT2D eigenvalue weighted by Crippen LogP contribution is 2.41. The Morgan fingerprint density at radius 3 is 2.36 bits per heavy atom. The summed E-state index contributed by atoms with van der Waals surface area (Å²) in [5.41, 5.74) is -0.243. The molecule has 0 aliphatic heterocycles. The van der Waals surface area contributed by atoms with Gasteiger partial charge < -0.3 is 9.15 Å². The number of fused-ring (bicyclic) bond motifs is 1. The van der Waals surface area contributed by atoms with Crippen LogP contribution in [0.3, 0.4) is 0 Å². The maximum Gasteiger partial charge on any atom is 0.340 e. The summed E-state index contributed by atoms with van der Waals surface area (Å²) in [6, 6.07) is 13.3. The number of nitro benzene ring substituents is 1. The Morgan fingerprint density at radius 1 is 1.09 bits per heavy atom. The van der Waals surface area contributed by atoms with E-state index in [4.69, 9.17) is 9.15 Å². The Labute approximate surface area is 260 Å². The summed E-state index contributed by atoms with van der Waals surface area (Å²) in [5, 5.41) is 12.7. The molecule has 44 heavy (non-hydrogen) atoms. The van der Waals surface area contributed by atoms with Gasteiger partial charge in [0.05, 0.1) is 27.6 Å². The first-order valence-electron chi connectivity index (χ1n) is 13.9. The normalized spacial score (nSPS) is 12.6. The minimum atomic E-state index is -4.74. The standard InChI is InChI=1S/C32H34N2O8S2/c1-8-43-31-20(3)28(35)24-18-19(2)17-23(29(24)41-31)21(4)33(44(39,40)27-16-12-11-15-26(27)34(37)38)25-14-10-9-13-22(25)30(36)42-32(5,6)7/h9-18,21H,8H2,1-7H3/t21-/m1/s1. The van der Waals surface area contributed by atoms with Crippen LogP contribution in [0.5, 0.6) is 0 Å². The van der Waals surface area contributed by atoms with Gasteiger partial charge in [-0.05, 0) is 77.1 Å². The Hall–Kier alpha value is -4.16. The molecule has 0 spiro atoms. The van der Waals surface area contributed by atoms with E-state index in [-0.39, 0.29) is 27.6 Å². The summed E-state index contributed by atoms with van der Waals surface area (Å²) in [5.74, 6) is -0.144. The summed E-state index contributed by atoms with van der Waals surface area (Å²) in [4.78, 5) is 37.5. The van der Waals surface area contributed by atoms with Gasteiger partial charge >= 0.3 is 5.97 Å². The number of anilines is 1. The summed E-state index contributed by atoms with van der Waals surface area (Å²) in [6.45, 7) is 12.0. The van der Waals surface area contributed by atoms with Crippen LogP contribution in [-0.4, -0.2) is 30.7 Å². The quantitative estimate of drug-likeness (QED) is 0.0798. The molecule has 0 saturated carbocycles. The first-order valence-corrected chi connectivity index (χ1v) is 16.3. The monoisotopic (exact) mass is 638 g/mol. The number of sulfonamides is 1. The number of benzene rings is 3. The summed E-state index contributed by atoms with van der Waals surface area (Å²) in [6.07, 6.45) is 0. The van der Waals surface area contributed by atoms with Gasteiger partial charge in [-0.3, -0.25) is 19.2 Å². The van der Waals surface area contributed by atoms with Gasteiger partial charge in [0.1, 0.15) is 11.2 Å². The molecule has 0 amide bonds. The maximum atomic E-state index is 14.6. The summed E-state index contributed by atoms with van der Waals surface area (Å²) in [7, 11) is -4.74. The van der Waals surface area contributed by atoms with Gasteiger partial charge in [-0.25, -0.2) is 13.2 Å².